The van der Waals surface area contributed by atoms with Crippen LogP contribution < -0.4 is 9.64 Å². The van der Waals surface area contributed by atoms with E-state index < -0.39 is 28.9 Å². The smallest absolute Gasteiger partial charge is 0.319 e. The van der Waals surface area contributed by atoms with Crippen LogP contribution >= 0.6 is 0 Å². The molecule has 0 radical (unpaired) electrons. The minimum Gasteiger partial charge on any atom is -0.461 e. The summed E-state index contributed by atoms with van der Waals surface area (Å²) < 4.78 is 54.3. The zero-order chi connectivity index (χ0) is 31.2. The highest BCUT2D eigenvalue weighted by Crippen LogP contribution is 2.53. The number of aliphatic hydroxyl groups is 1. The van der Waals surface area contributed by atoms with Crippen molar-refractivity contribution in [3.05, 3.63) is 41.1 Å². The summed E-state index contributed by atoms with van der Waals surface area (Å²) in [5.41, 5.74) is 1.52. The number of halogens is 3. The van der Waals surface area contributed by atoms with Crippen LogP contribution in [0.15, 0.2) is 18.3 Å². The number of alkyl halides is 1. The number of anilines is 1. The number of nitrogens with one attached hydrogen (secondary N) is 1. The van der Waals surface area contributed by atoms with E-state index in [2.05, 4.69) is 27.0 Å². The number of hydrogen-bond donors (Lipinski definition) is 2. The monoisotopic (exact) mass is 620 g/mol. The molecule has 11 heteroatoms. The average molecular weight is 621 g/mol. The zero-order valence-corrected chi connectivity index (χ0v) is 26.0. The first-order chi connectivity index (χ1) is 21.5. The van der Waals surface area contributed by atoms with E-state index in [1.165, 1.54) is 6.07 Å². The van der Waals surface area contributed by atoms with E-state index in [1.54, 1.807) is 13.1 Å². The molecule has 0 bridgehead atoms. The van der Waals surface area contributed by atoms with Crippen molar-refractivity contribution in [2.45, 2.75) is 82.5 Å². The number of nitrogens with zero attached hydrogens (tertiary/aromatic N) is 5. The second kappa shape index (κ2) is 10.3. The molecular formula is C34H39F3N6O2. The fourth-order valence-electron chi connectivity index (χ4n) is 8.46. The third-order valence-electron chi connectivity index (χ3n) is 10.8. The van der Waals surface area contributed by atoms with Gasteiger partial charge < -0.3 is 14.7 Å². The lowest BCUT2D eigenvalue weighted by molar-refractivity contribution is 0.0447. The molecule has 0 spiro atoms. The topological polar surface area (TPSA) is 90.4 Å². The van der Waals surface area contributed by atoms with Gasteiger partial charge >= 0.3 is 6.01 Å². The molecule has 8 rings (SSSR count). The molecule has 0 unspecified atom stereocenters. The van der Waals surface area contributed by atoms with Crippen LogP contribution in [0, 0.1) is 24.5 Å². The number of rotatable bonds is 6. The molecule has 2 aromatic carbocycles. The predicted octanol–water partition coefficient (Wildman–Crippen LogP) is 6.19. The Kier molecular flexibility index (Phi) is 6.63. The Morgan fingerprint density at radius 3 is 2.69 bits per heavy atom. The molecule has 238 valence electrons. The molecule has 4 fully saturated rings. The summed E-state index contributed by atoms with van der Waals surface area (Å²) in [5.74, 6) is -0.555. The number of H-pyrrole nitrogens is 1. The Labute approximate surface area is 260 Å². The van der Waals surface area contributed by atoms with Gasteiger partial charge in [-0.1, -0.05) is 6.92 Å². The summed E-state index contributed by atoms with van der Waals surface area (Å²) in [7, 11) is 0. The zero-order valence-electron chi connectivity index (χ0n) is 26.0. The van der Waals surface area contributed by atoms with E-state index in [4.69, 9.17) is 9.72 Å². The van der Waals surface area contributed by atoms with E-state index in [0.29, 0.717) is 60.6 Å². The number of ether oxygens (including phenoxy) is 1. The molecule has 5 atom stereocenters. The predicted molar refractivity (Wildman–Crippen MR) is 166 cm³/mol. The van der Waals surface area contributed by atoms with Gasteiger partial charge in [0, 0.05) is 42.4 Å². The summed E-state index contributed by atoms with van der Waals surface area (Å²) in [4.78, 5) is 13.3. The van der Waals surface area contributed by atoms with Gasteiger partial charge in [0.1, 0.15) is 29.9 Å². The van der Waals surface area contributed by atoms with Crippen molar-refractivity contribution in [3.8, 4) is 17.1 Å². The number of aromatic amines is 1. The molecular weight excluding hydrogens is 581 g/mol. The molecule has 4 aromatic rings. The minimum atomic E-state index is -0.985. The molecule has 5 heterocycles. The van der Waals surface area contributed by atoms with Crippen LogP contribution in [-0.2, 0) is 0 Å². The van der Waals surface area contributed by atoms with Gasteiger partial charge in [-0.3, -0.25) is 10.00 Å². The van der Waals surface area contributed by atoms with Gasteiger partial charge in [0.15, 0.2) is 5.82 Å². The van der Waals surface area contributed by atoms with Crippen LogP contribution in [0.1, 0.15) is 69.4 Å². The van der Waals surface area contributed by atoms with E-state index in [0.717, 1.165) is 36.9 Å². The van der Waals surface area contributed by atoms with Crippen LogP contribution in [-0.4, -0.2) is 80.3 Å². The lowest BCUT2D eigenvalue weighted by Gasteiger charge is -2.38. The Bertz CT molecular complexity index is 1830. The van der Waals surface area contributed by atoms with Crippen LogP contribution in [0.4, 0.5) is 19.0 Å². The Hall–Kier alpha value is -3.44. The maximum atomic E-state index is 17.1. The van der Waals surface area contributed by atoms with Crippen molar-refractivity contribution in [1.82, 2.24) is 25.1 Å². The highest BCUT2D eigenvalue weighted by Gasteiger charge is 2.49. The number of aryl methyl sites for hydroxylation is 1. The van der Waals surface area contributed by atoms with Gasteiger partial charge in [0.05, 0.1) is 28.4 Å². The van der Waals surface area contributed by atoms with Crippen molar-refractivity contribution in [2.24, 2.45) is 5.92 Å². The number of piperidine rings is 1. The second-order valence-electron chi connectivity index (χ2n) is 14.3. The Morgan fingerprint density at radius 1 is 1.11 bits per heavy atom. The van der Waals surface area contributed by atoms with Crippen LogP contribution in [0.5, 0.6) is 6.01 Å². The minimum absolute atomic E-state index is 0.0311. The Morgan fingerprint density at radius 2 is 1.91 bits per heavy atom. The first-order valence-corrected chi connectivity index (χ1v) is 16.2. The van der Waals surface area contributed by atoms with E-state index in [9.17, 15) is 9.50 Å². The first kappa shape index (κ1) is 29.0. The van der Waals surface area contributed by atoms with E-state index in [1.807, 2.05) is 17.9 Å². The molecule has 2 aromatic heterocycles. The van der Waals surface area contributed by atoms with Crippen molar-refractivity contribution in [2.75, 3.05) is 37.7 Å². The highest BCUT2D eigenvalue weighted by molar-refractivity contribution is 6.01. The summed E-state index contributed by atoms with van der Waals surface area (Å²) in [5, 5.41) is 19.0. The van der Waals surface area contributed by atoms with Gasteiger partial charge in [-0.2, -0.15) is 15.1 Å². The third kappa shape index (κ3) is 4.76. The standard InChI is InChI=1S/C34H39F3N6O2/c1-18-10-21(18)26-19(2)11-25-23(14-38-41-25)27(26)28-24(36)12-22-30(29(28)37)39-32(40-31(22)42-8-4-6-33(3,44)16-42)45-17-34-7-5-9-43(34)15-20(35)13-34/h11-12,14,18,20-21,44H,4-10,13,15-17H2,1-3H3,(H,38,41)/t18-,20-,21+,33-,34+/m1/s1. The summed E-state index contributed by atoms with van der Waals surface area (Å²) in [6, 6.07) is 3.29. The van der Waals surface area contributed by atoms with Crippen molar-refractivity contribution < 1.29 is 23.0 Å². The lowest BCUT2D eigenvalue weighted by atomic mass is 9.88. The summed E-state index contributed by atoms with van der Waals surface area (Å²) in [6.45, 7) is 8.08. The Balaban J connectivity index is 1.30. The number of β-amino-alcohol motifs (C(OH)–C–C–N with tert-alkyl or cyclic N) is 1. The summed E-state index contributed by atoms with van der Waals surface area (Å²) >= 11 is 0. The highest BCUT2D eigenvalue weighted by atomic mass is 19.1. The molecule has 0 amide bonds. The summed E-state index contributed by atoms with van der Waals surface area (Å²) in [6.07, 6.45) is 5.11. The van der Waals surface area contributed by atoms with Gasteiger partial charge in [-0.25, -0.2) is 13.2 Å². The SMILES string of the molecule is Cc1cc2[nH]ncc2c(-c2c(F)cc3c(N4CCC[C@@](C)(O)C4)nc(OC[C@@]45CCCN4C[C@H](F)C5)nc3c2F)c1[C@H]1C[C@H]1C. The number of fused-ring (bicyclic) bond motifs is 3. The fraction of sp³-hybridized carbons (Fsp3) is 0.559. The van der Waals surface area contributed by atoms with Crippen LogP contribution in [0.25, 0.3) is 32.9 Å². The van der Waals surface area contributed by atoms with Gasteiger partial charge in [0.2, 0.25) is 0 Å². The van der Waals surface area contributed by atoms with Gasteiger partial charge in [-0.15, -0.1) is 0 Å². The molecule has 4 aliphatic rings. The quantitative estimate of drug-likeness (QED) is 0.266. The number of aromatic nitrogens is 4. The molecule has 45 heavy (non-hydrogen) atoms. The largest absolute Gasteiger partial charge is 0.461 e. The number of benzene rings is 2. The first-order valence-electron chi connectivity index (χ1n) is 16.2. The molecule has 3 saturated heterocycles. The van der Waals surface area contributed by atoms with Crippen LogP contribution in [0.3, 0.4) is 0 Å². The molecule has 1 aliphatic carbocycles. The van der Waals surface area contributed by atoms with Gasteiger partial charge in [0.25, 0.3) is 0 Å². The maximum absolute atomic E-state index is 17.1. The second-order valence-corrected chi connectivity index (χ2v) is 14.3. The fourth-order valence-corrected chi connectivity index (χ4v) is 8.46. The van der Waals surface area contributed by atoms with Crippen molar-refractivity contribution in [1.29, 1.82) is 0 Å². The third-order valence-corrected chi connectivity index (χ3v) is 10.8. The van der Waals surface area contributed by atoms with Crippen LogP contribution in [0.2, 0.25) is 0 Å². The van der Waals surface area contributed by atoms with Crippen molar-refractivity contribution in [3.63, 3.8) is 0 Å². The van der Waals surface area contributed by atoms with E-state index in [-0.39, 0.29) is 41.5 Å². The van der Waals surface area contributed by atoms with Gasteiger partial charge in [-0.05, 0) is 87.6 Å². The van der Waals surface area contributed by atoms with Crippen molar-refractivity contribution >= 4 is 27.6 Å². The maximum Gasteiger partial charge on any atom is 0.319 e. The molecule has 8 nitrogen and oxygen atoms in total. The lowest BCUT2D eigenvalue weighted by Crippen LogP contribution is -2.46. The number of hydrogen-bond acceptors (Lipinski definition) is 7. The molecule has 3 aliphatic heterocycles. The normalized spacial score (nSPS) is 30.0. The molecule has 2 N–H and O–H groups in total. The molecule has 1 saturated carbocycles. The van der Waals surface area contributed by atoms with E-state index >= 15 is 8.78 Å². The average Bonchev–Trinajstić information content (AvgIpc) is 3.27.